The minimum Gasteiger partial charge on any atom is -0.481 e. The Labute approximate surface area is 116 Å². The highest BCUT2D eigenvalue weighted by molar-refractivity contribution is 7.98. The van der Waals surface area contributed by atoms with Gasteiger partial charge in [0.05, 0.1) is 5.92 Å². The number of carbonyl (C=O) groups excluding carboxylic acids is 1. The number of rotatable bonds is 4. The van der Waals surface area contributed by atoms with Gasteiger partial charge in [0, 0.05) is 16.5 Å². The number of thioether (sulfide) groups is 1. The summed E-state index contributed by atoms with van der Waals surface area (Å²) in [6.45, 7) is 1.90. The van der Waals surface area contributed by atoms with Crippen molar-refractivity contribution >= 4 is 23.6 Å². The number of carboxylic acids is 1. The van der Waals surface area contributed by atoms with Crippen molar-refractivity contribution in [2.45, 2.75) is 30.7 Å². The Kier molecular flexibility index (Phi) is 4.14. The van der Waals surface area contributed by atoms with E-state index in [0.717, 1.165) is 10.5 Å². The number of carbonyl (C=O) groups is 2. The van der Waals surface area contributed by atoms with E-state index in [2.05, 4.69) is 5.32 Å². The predicted octanol–water partition coefficient (Wildman–Crippen LogP) is 2.31. The molecule has 0 saturated heterocycles. The van der Waals surface area contributed by atoms with Gasteiger partial charge in [0.25, 0.3) is 5.91 Å². The molecule has 0 aliphatic heterocycles. The number of amides is 1. The first-order chi connectivity index (χ1) is 9.01. The Morgan fingerprint density at radius 3 is 2.63 bits per heavy atom. The normalized spacial score (nSPS) is 21.6. The van der Waals surface area contributed by atoms with Crippen LogP contribution in [-0.2, 0) is 4.79 Å². The Balaban J connectivity index is 1.99. The van der Waals surface area contributed by atoms with Crippen LogP contribution in [0.2, 0.25) is 0 Å². The first-order valence-corrected chi connectivity index (χ1v) is 7.42. The highest BCUT2D eigenvalue weighted by atomic mass is 32.2. The van der Waals surface area contributed by atoms with Crippen LogP contribution in [-0.4, -0.2) is 29.3 Å². The number of aliphatic carboxylic acids is 1. The summed E-state index contributed by atoms with van der Waals surface area (Å²) in [4.78, 5) is 23.9. The van der Waals surface area contributed by atoms with Crippen molar-refractivity contribution in [1.82, 2.24) is 5.32 Å². The smallest absolute Gasteiger partial charge is 0.306 e. The fraction of sp³-hybridized carbons (Fsp3) is 0.429. The molecule has 1 aromatic rings. The molecule has 4 nitrogen and oxygen atoms in total. The van der Waals surface area contributed by atoms with Crippen LogP contribution in [0.3, 0.4) is 0 Å². The van der Waals surface area contributed by atoms with Gasteiger partial charge in [-0.25, -0.2) is 0 Å². The van der Waals surface area contributed by atoms with Gasteiger partial charge < -0.3 is 10.4 Å². The minimum absolute atomic E-state index is 0.00839. The first-order valence-electron chi connectivity index (χ1n) is 6.19. The maximum atomic E-state index is 12.1. The molecule has 102 valence electrons. The minimum atomic E-state index is -0.772. The van der Waals surface area contributed by atoms with E-state index in [0.29, 0.717) is 18.4 Å². The molecular weight excluding hydrogens is 262 g/mol. The molecule has 0 atom stereocenters. The van der Waals surface area contributed by atoms with Crippen molar-refractivity contribution in [1.29, 1.82) is 0 Å². The maximum absolute atomic E-state index is 12.1. The van der Waals surface area contributed by atoms with Crippen LogP contribution in [0.15, 0.2) is 23.1 Å². The third kappa shape index (κ3) is 3.10. The quantitative estimate of drug-likeness (QED) is 0.830. The van der Waals surface area contributed by atoms with Gasteiger partial charge in [0.15, 0.2) is 0 Å². The predicted molar refractivity (Wildman–Crippen MR) is 74.6 cm³/mol. The van der Waals surface area contributed by atoms with Crippen LogP contribution in [0.4, 0.5) is 0 Å². The highest BCUT2D eigenvalue weighted by Gasteiger charge is 2.35. The molecule has 1 amide bonds. The monoisotopic (exact) mass is 279 g/mol. The lowest BCUT2D eigenvalue weighted by molar-refractivity contribution is -0.145. The molecule has 1 aliphatic rings. The topological polar surface area (TPSA) is 66.4 Å². The molecule has 2 N–H and O–H groups in total. The van der Waals surface area contributed by atoms with E-state index in [1.807, 2.05) is 31.4 Å². The SMILES string of the molecule is CSc1ccc(C)c(C(=O)NC2CC(C(=O)O)C2)c1. The van der Waals surface area contributed by atoms with E-state index in [1.54, 1.807) is 11.8 Å². The summed E-state index contributed by atoms with van der Waals surface area (Å²) in [6.07, 6.45) is 3.03. The second-order valence-corrected chi connectivity index (χ2v) is 5.74. The second kappa shape index (κ2) is 5.65. The molecular formula is C14H17NO3S. The lowest BCUT2D eigenvalue weighted by Gasteiger charge is -2.33. The second-order valence-electron chi connectivity index (χ2n) is 4.86. The lowest BCUT2D eigenvalue weighted by Crippen LogP contribution is -2.46. The molecule has 0 unspecified atom stereocenters. The van der Waals surface area contributed by atoms with Crippen molar-refractivity contribution in [3.05, 3.63) is 29.3 Å². The van der Waals surface area contributed by atoms with Crippen LogP contribution in [0.1, 0.15) is 28.8 Å². The molecule has 2 rings (SSSR count). The van der Waals surface area contributed by atoms with E-state index < -0.39 is 5.97 Å². The highest BCUT2D eigenvalue weighted by Crippen LogP contribution is 2.28. The van der Waals surface area contributed by atoms with Gasteiger partial charge in [-0.2, -0.15) is 0 Å². The molecule has 1 aliphatic carbocycles. The van der Waals surface area contributed by atoms with Gasteiger partial charge in [-0.3, -0.25) is 9.59 Å². The van der Waals surface area contributed by atoms with Crippen LogP contribution in [0.25, 0.3) is 0 Å². The summed E-state index contributed by atoms with van der Waals surface area (Å²) >= 11 is 1.59. The van der Waals surface area contributed by atoms with Gasteiger partial charge in [-0.05, 0) is 43.7 Å². The molecule has 0 radical (unpaired) electrons. The molecule has 0 bridgehead atoms. The van der Waals surface area contributed by atoms with Crippen molar-refractivity contribution in [2.75, 3.05) is 6.26 Å². The summed E-state index contributed by atoms with van der Waals surface area (Å²) in [5.74, 6) is -1.18. The zero-order chi connectivity index (χ0) is 14.0. The van der Waals surface area contributed by atoms with Gasteiger partial charge in [0.1, 0.15) is 0 Å². The van der Waals surface area contributed by atoms with E-state index in [-0.39, 0.29) is 17.9 Å². The fourth-order valence-corrected chi connectivity index (χ4v) is 2.61. The Hall–Kier alpha value is -1.49. The first kappa shape index (κ1) is 13.9. The third-order valence-electron chi connectivity index (χ3n) is 3.51. The van der Waals surface area contributed by atoms with Crippen LogP contribution in [0.5, 0.6) is 0 Å². The molecule has 5 heteroatoms. The summed E-state index contributed by atoms with van der Waals surface area (Å²) in [6, 6.07) is 5.79. The summed E-state index contributed by atoms with van der Waals surface area (Å²) in [5, 5.41) is 11.7. The van der Waals surface area contributed by atoms with Crippen LogP contribution < -0.4 is 5.32 Å². The summed E-state index contributed by atoms with van der Waals surface area (Å²) in [7, 11) is 0. The van der Waals surface area contributed by atoms with E-state index in [9.17, 15) is 9.59 Å². The van der Waals surface area contributed by atoms with Crippen molar-refractivity contribution < 1.29 is 14.7 Å². The zero-order valence-corrected chi connectivity index (χ0v) is 11.8. The molecule has 0 spiro atoms. The van der Waals surface area contributed by atoms with Gasteiger partial charge >= 0.3 is 5.97 Å². The molecule has 1 fully saturated rings. The average Bonchev–Trinajstić information content (AvgIpc) is 2.33. The van der Waals surface area contributed by atoms with Gasteiger partial charge in [0.2, 0.25) is 0 Å². The standard InChI is InChI=1S/C14H17NO3S/c1-8-3-4-11(19-2)7-12(8)13(16)15-10-5-9(6-10)14(17)18/h3-4,7,9-10H,5-6H2,1-2H3,(H,15,16)(H,17,18). The van der Waals surface area contributed by atoms with Crippen molar-refractivity contribution in [2.24, 2.45) is 5.92 Å². The maximum Gasteiger partial charge on any atom is 0.306 e. The number of hydrogen-bond acceptors (Lipinski definition) is 3. The lowest BCUT2D eigenvalue weighted by atomic mass is 9.80. The van der Waals surface area contributed by atoms with Gasteiger partial charge in [-0.1, -0.05) is 6.07 Å². The number of hydrogen-bond donors (Lipinski definition) is 2. The molecule has 0 aromatic heterocycles. The van der Waals surface area contributed by atoms with Crippen molar-refractivity contribution in [3.8, 4) is 0 Å². The fourth-order valence-electron chi connectivity index (χ4n) is 2.17. The molecule has 1 aromatic carbocycles. The molecule has 0 heterocycles. The Morgan fingerprint density at radius 1 is 1.37 bits per heavy atom. The number of carboxylic acid groups (broad SMARTS) is 1. The summed E-state index contributed by atoms with van der Waals surface area (Å²) in [5.41, 5.74) is 1.61. The average molecular weight is 279 g/mol. The van der Waals surface area contributed by atoms with Crippen molar-refractivity contribution in [3.63, 3.8) is 0 Å². The number of nitrogens with one attached hydrogen (secondary N) is 1. The van der Waals surface area contributed by atoms with E-state index >= 15 is 0 Å². The Morgan fingerprint density at radius 2 is 2.05 bits per heavy atom. The van der Waals surface area contributed by atoms with Gasteiger partial charge in [-0.15, -0.1) is 11.8 Å². The zero-order valence-electron chi connectivity index (χ0n) is 11.0. The number of benzene rings is 1. The van der Waals surface area contributed by atoms with Crippen LogP contribution in [0, 0.1) is 12.8 Å². The largest absolute Gasteiger partial charge is 0.481 e. The number of aryl methyl sites for hydroxylation is 1. The van der Waals surface area contributed by atoms with E-state index in [1.165, 1.54) is 0 Å². The third-order valence-corrected chi connectivity index (χ3v) is 4.24. The van der Waals surface area contributed by atoms with Crippen LogP contribution >= 0.6 is 11.8 Å². The Bertz CT molecular complexity index is 509. The summed E-state index contributed by atoms with van der Waals surface area (Å²) < 4.78 is 0. The molecule has 19 heavy (non-hydrogen) atoms. The van der Waals surface area contributed by atoms with E-state index in [4.69, 9.17) is 5.11 Å². The molecule has 1 saturated carbocycles.